The van der Waals surface area contributed by atoms with E-state index in [0.717, 1.165) is 25.8 Å². The molecule has 0 radical (unpaired) electrons. The van der Waals surface area contributed by atoms with Crippen molar-refractivity contribution in [1.29, 1.82) is 0 Å². The molecule has 0 aromatic heterocycles. The normalized spacial score (nSPS) is 37.2. The number of ether oxygens (including phenoxy) is 1. The molecule has 2 rings (SSSR count). The average Bonchev–Trinajstić information content (AvgIpc) is 2.39. The van der Waals surface area contributed by atoms with Gasteiger partial charge in [0.25, 0.3) is 5.91 Å². The molecule has 1 saturated carbocycles. The van der Waals surface area contributed by atoms with Gasteiger partial charge in [0.05, 0.1) is 18.8 Å². The molecule has 1 aliphatic heterocycles. The van der Waals surface area contributed by atoms with Gasteiger partial charge in [0.2, 0.25) is 0 Å². The van der Waals surface area contributed by atoms with Crippen LogP contribution >= 0.6 is 0 Å². The number of hydrogen-bond acceptors (Lipinski definition) is 4. The number of rotatable bonds is 3. The molecule has 104 valence electrons. The summed E-state index contributed by atoms with van der Waals surface area (Å²) in [6.45, 7) is 4.12. The van der Waals surface area contributed by atoms with Gasteiger partial charge in [0.15, 0.2) is 0 Å². The summed E-state index contributed by atoms with van der Waals surface area (Å²) in [7, 11) is 0. The van der Waals surface area contributed by atoms with E-state index in [0.29, 0.717) is 19.1 Å². The average molecular weight is 256 g/mol. The Labute approximate surface area is 108 Å². The van der Waals surface area contributed by atoms with Crippen molar-refractivity contribution in [1.82, 2.24) is 10.6 Å². The topological polar surface area (TPSA) is 70.6 Å². The third-order valence-electron chi connectivity index (χ3n) is 4.00. The number of carbonyl (C=O) groups excluding carboxylic acids is 1. The Kier molecular flexibility index (Phi) is 4.59. The Balaban J connectivity index is 1.94. The fourth-order valence-corrected chi connectivity index (χ4v) is 3.03. The molecule has 0 aromatic rings. The van der Waals surface area contributed by atoms with E-state index in [1.54, 1.807) is 0 Å². The number of amides is 1. The van der Waals surface area contributed by atoms with Gasteiger partial charge in [-0.3, -0.25) is 4.79 Å². The zero-order chi connectivity index (χ0) is 13.0. The van der Waals surface area contributed by atoms with Crippen molar-refractivity contribution in [3.05, 3.63) is 0 Å². The first-order valence-corrected chi connectivity index (χ1v) is 6.90. The van der Waals surface area contributed by atoms with Crippen LogP contribution < -0.4 is 10.6 Å². The lowest BCUT2D eigenvalue weighted by molar-refractivity contribution is -0.137. The Morgan fingerprint density at radius 1 is 1.61 bits per heavy atom. The summed E-state index contributed by atoms with van der Waals surface area (Å²) in [4.78, 5) is 12.1. The van der Waals surface area contributed by atoms with Gasteiger partial charge in [-0.15, -0.1) is 0 Å². The third kappa shape index (κ3) is 3.22. The summed E-state index contributed by atoms with van der Waals surface area (Å²) in [5, 5.41) is 15.8. The third-order valence-corrected chi connectivity index (χ3v) is 4.00. The maximum absolute atomic E-state index is 12.1. The molecule has 1 heterocycles. The zero-order valence-corrected chi connectivity index (χ0v) is 11.1. The van der Waals surface area contributed by atoms with E-state index in [9.17, 15) is 9.90 Å². The predicted molar refractivity (Wildman–Crippen MR) is 68.2 cm³/mol. The Hall–Kier alpha value is -0.650. The lowest BCUT2D eigenvalue weighted by Crippen LogP contribution is -2.58. The van der Waals surface area contributed by atoms with Crippen molar-refractivity contribution in [3.63, 3.8) is 0 Å². The first kappa shape index (κ1) is 13.8. The fourth-order valence-electron chi connectivity index (χ4n) is 3.03. The van der Waals surface area contributed by atoms with Crippen molar-refractivity contribution in [2.24, 2.45) is 5.92 Å². The van der Waals surface area contributed by atoms with E-state index in [1.165, 1.54) is 6.42 Å². The molecule has 18 heavy (non-hydrogen) atoms. The highest BCUT2D eigenvalue weighted by Crippen LogP contribution is 2.32. The molecular formula is C13H24N2O3. The SMILES string of the molecule is CC1CCCC(CO)(NC(=O)C2CNCCO2)C1. The molecule has 5 heteroatoms. The van der Waals surface area contributed by atoms with Crippen LogP contribution in [0.5, 0.6) is 0 Å². The van der Waals surface area contributed by atoms with Gasteiger partial charge in [0.1, 0.15) is 6.10 Å². The van der Waals surface area contributed by atoms with Crippen LogP contribution in [0.4, 0.5) is 0 Å². The zero-order valence-electron chi connectivity index (χ0n) is 11.1. The second-order valence-electron chi connectivity index (χ2n) is 5.69. The maximum atomic E-state index is 12.1. The van der Waals surface area contributed by atoms with Crippen LogP contribution in [0, 0.1) is 5.92 Å². The van der Waals surface area contributed by atoms with Crippen LogP contribution in [0.1, 0.15) is 32.6 Å². The Morgan fingerprint density at radius 2 is 2.44 bits per heavy atom. The van der Waals surface area contributed by atoms with Crippen molar-refractivity contribution in [2.45, 2.75) is 44.2 Å². The van der Waals surface area contributed by atoms with Crippen molar-refractivity contribution in [2.75, 3.05) is 26.3 Å². The summed E-state index contributed by atoms with van der Waals surface area (Å²) in [6, 6.07) is 0. The molecule has 3 atom stereocenters. The lowest BCUT2D eigenvalue weighted by atomic mass is 9.76. The Bertz CT molecular complexity index is 292. The first-order valence-electron chi connectivity index (χ1n) is 6.90. The number of nitrogens with one attached hydrogen (secondary N) is 2. The Morgan fingerprint density at radius 3 is 3.06 bits per heavy atom. The van der Waals surface area contributed by atoms with E-state index in [1.807, 2.05) is 0 Å². The highest BCUT2D eigenvalue weighted by atomic mass is 16.5. The van der Waals surface area contributed by atoms with Gasteiger partial charge in [-0.25, -0.2) is 0 Å². The molecule has 3 unspecified atom stereocenters. The monoisotopic (exact) mass is 256 g/mol. The summed E-state index contributed by atoms with van der Waals surface area (Å²) >= 11 is 0. The molecule has 3 N–H and O–H groups in total. The minimum absolute atomic E-state index is 0.0171. The van der Waals surface area contributed by atoms with Crippen LogP contribution in [0.3, 0.4) is 0 Å². The molecule has 2 fully saturated rings. The fraction of sp³-hybridized carbons (Fsp3) is 0.923. The van der Waals surface area contributed by atoms with E-state index in [4.69, 9.17) is 4.74 Å². The van der Waals surface area contributed by atoms with E-state index in [2.05, 4.69) is 17.6 Å². The van der Waals surface area contributed by atoms with Gasteiger partial charge >= 0.3 is 0 Å². The van der Waals surface area contributed by atoms with E-state index >= 15 is 0 Å². The largest absolute Gasteiger partial charge is 0.394 e. The number of aliphatic hydroxyl groups excluding tert-OH is 1. The van der Waals surface area contributed by atoms with E-state index < -0.39 is 11.6 Å². The smallest absolute Gasteiger partial charge is 0.250 e. The molecular weight excluding hydrogens is 232 g/mol. The van der Waals surface area contributed by atoms with Gasteiger partial charge in [-0.2, -0.15) is 0 Å². The van der Waals surface area contributed by atoms with Gasteiger partial charge in [0, 0.05) is 13.1 Å². The summed E-state index contributed by atoms with van der Waals surface area (Å²) in [6.07, 6.45) is 3.54. The molecule has 0 bridgehead atoms. The maximum Gasteiger partial charge on any atom is 0.250 e. The minimum atomic E-state index is -0.435. The molecule has 5 nitrogen and oxygen atoms in total. The molecule has 1 aliphatic carbocycles. The molecule has 0 aromatic carbocycles. The van der Waals surface area contributed by atoms with Crippen LogP contribution in [-0.2, 0) is 9.53 Å². The second kappa shape index (κ2) is 5.99. The summed E-state index contributed by atoms with van der Waals surface area (Å²) < 4.78 is 5.44. The summed E-state index contributed by atoms with van der Waals surface area (Å²) in [5.41, 5.74) is -0.435. The molecule has 1 saturated heterocycles. The van der Waals surface area contributed by atoms with Crippen molar-refractivity contribution >= 4 is 5.91 Å². The van der Waals surface area contributed by atoms with Crippen LogP contribution in [0.2, 0.25) is 0 Å². The summed E-state index contributed by atoms with van der Waals surface area (Å²) in [5.74, 6) is 0.460. The molecule has 0 spiro atoms. The number of carbonyl (C=O) groups is 1. The molecule has 1 amide bonds. The quantitative estimate of drug-likeness (QED) is 0.666. The van der Waals surface area contributed by atoms with Gasteiger partial charge in [-0.05, 0) is 18.8 Å². The van der Waals surface area contributed by atoms with Crippen molar-refractivity contribution in [3.8, 4) is 0 Å². The van der Waals surface area contributed by atoms with E-state index in [-0.39, 0.29) is 12.5 Å². The van der Waals surface area contributed by atoms with Crippen LogP contribution in [-0.4, -0.2) is 49.0 Å². The second-order valence-corrected chi connectivity index (χ2v) is 5.69. The number of morpholine rings is 1. The highest BCUT2D eigenvalue weighted by Gasteiger charge is 2.37. The number of hydrogen-bond donors (Lipinski definition) is 3. The lowest BCUT2D eigenvalue weighted by Gasteiger charge is -2.40. The number of aliphatic hydroxyl groups is 1. The van der Waals surface area contributed by atoms with Crippen molar-refractivity contribution < 1.29 is 14.6 Å². The minimum Gasteiger partial charge on any atom is -0.394 e. The molecule has 2 aliphatic rings. The van der Waals surface area contributed by atoms with Crippen LogP contribution in [0.15, 0.2) is 0 Å². The van der Waals surface area contributed by atoms with Gasteiger partial charge in [-0.1, -0.05) is 19.8 Å². The standard InChI is InChI=1S/C13H24N2O3/c1-10-3-2-4-13(7-10,9-16)15-12(17)11-8-14-5-6-18-11/h10-11,14,16H,2-9H2,1H3,(H,15,17). The highest BCUT2D eigenvalue weighted by molar-refractivity contribution is 5.82. The van der Waals surface area contributed by atoms with Crippen LogP contribution in [0.25, 0.3) is 0 Å². The predicted octanol–water partition coefficient (Wildman–Crippen LogP) is 0.0322. The van der Waals surface area contributed by atoms with Gasteiger partial charge < -0.3 is 20.5 Å². The first-order chi connectivity index (χ1) is 8.65.